The zero-order valence-corrected chi connectivity index (χ0v) is 19.6. The molecule has 33 heavy (non-hydrogen) atoms. The van der Waals surface area contributed by atoms with E-state index in [9.17, 15) is 8.42 Å². The molecule has 3 N–H and O–H groups in total. The summed E-state index contributed by atoms with van der Waals surface area (Å²) in [6, 6.07) is 16.5. The van der Waals surface area contributed by atoms with Crippen LogP contribution < -0.4 is 15.4 Å². The molecule has 2 aromatic heterocycles. The van der Waals surface area contributed by atoms with Crippen molar-refractivity contribution in [3.8, 4) is 0 Å². The summed E-state index contributed by atoms with van der Waals surface area (Å²) in [5.74, 6) is 1.81. The normalized spacial score (nSPS) is 11.1. The van der Waals surface area contributed by atoms with Crippen molar-refractivity contribution >= 4 is 62.1 Å². The van der Waals surface area contributed by atoms with Gasteiger partial charge in [-0.1, -0.05) is 23.2 Å². The van der Waals surface area contributed by atoms with Crippen LogP contribution in [0, 0.1) is 6.92 Å². The Balaban J connectivity index is 1.45. The number of nitrogens with zero attached hydrogens (tertiary/aromatic N) is 3. The highest BCUT2D eigenvalue weighted by Gasteiger charge is 2.18. The molecule has 11 heteroatoms. The average Bonchev–Trinajstić information content (AvgIpc) is 2.77. The molecule has 0 fully saturated rings. The van der Waals surface area contributed by atoms with Crippen LogP contribution in [0.4, 0.5) is 28.8 Å². The number of halogens is 2. The first kappa shape index (κ1) is 22.8. The highest BCUT2D eigenvalue weighted by Crippen LogP contribution is 2.27. The number of sulfonamides is 1. The van der Waals surface area contributed by atoms with Crippen molar-refractivity contribution in [2.45, 2.75) is 11.8 Å². The fourth-order valence-corrected chi connectivity index (χ4v) is 4.71. The molecule has 0 unspecified atom stereocenters. The second kappa shape index (κ2) is 9.62. The summed E-state index contributed by atoms with van der Waals surface area (Å²) in [5.41, 5.74) is 2.15. The molecule has 0 radical (unpaired) electrons. The zero-order valence-electron chi connectivity index (χ0n) is 17.3. The lowest BCUT2D eigenvalue weighted by Gasteiger charge is -2.11. The highest BCUT2D eigenvalue weighted by molar-refractivity contribution is 7.92. The summed E-state index contributed by atoms with van der Waals surface area (Å²) in [6.07, 6.45) is 3.14. The van der Waals surface area contributed by atoms with Crippen molar-refractivity contribution < 1.29 is 8.42 Å². The Kier molecular flexibility index (Phi) is 6.64. The fraction of sp³-hybridized carbons (Fsp3) is 0.0455. The highest BCUT2D eigenvalue weighted by atomic mass is 35.5. The van der Waals surface area contributed by atoms with Gasteiger partial charge in [0, 0.05) is 28.7 Å². The van der Waals surface area contributed by atoms with Gasteiger partial charge in [-0.2, -0.15) is 0 Å². The molecule has 0 bridgehead atoms. The number of anilines is 5. The van der Waals surface area contributed by atoms with Crippen molar-refractivity contribution in [1.29, 1.82) is 0 Å². The number of hydrogen-bond acceptors (Lipinski definition) is 7. The molecule has 0 amide bonds. The molecule has 0 aliphatic carbocycles. The van der Waals surface area contributed by atoms with Crippen molar-refractivity contribution in [3.63, 3.8) is 0 Å². The molecule has 2 heterocycles. The fourth-order valence-electron chi connectivity index (χ4n) is 2.89. The predicted molar refractivity (Wildman–Crippen MR) is 131 cm³/mol. The number of hydrogen-bond donors (Lipinski definition) is 3. The van der Waals surface area contributed by atoms with Gasteiger partial charge < -0.3 is 10.6 Å². The van der Waals surface area contributed by atoms with Gasteiger partial charge in [-0.25, -0.2) is 23.4 Å². The van der Waals surface area contributed by atoms with Crippen LogP contribution in [0.5, 0.6) is 0 Å². The first-order valence-electron chi connectivity index (χ1n) is 9.65. The number of benzene rings is 2. The third-order valence-corrected chi connectivity index (χ3v) is 6.53. The van der Waals surface area contributed by atoms with E-state index in [0.717, 1.165) is 5.56 Å². The molecule has 2 aromatic carbocycles. The summed E-state index contributed by atoms with van der Waals surface area (Å²) in [5, 5.41) is 6.64. The van der Waals surface area contributed by atoms with Crippen LogP contribution >= 0.6 is 23.2 Å². The van der Waals surface area contributed by atoms with Crippen molar-refractivity contribution in [1.82, 2.24) is 15.0 Å². The molecule has 0 atom stereocenters. The standard InChI is InChI=1S/C22H18Cl2N6O2S/c1-14-8-9-25-20(10-14)29-22-12-21(26-13-27-22)28-16-3-5-17(6-4-16)30-33(31,32)19-11-15(23)2-7-18(19)24/h2-13,30H,1H3,(H2,25,26,27,28,29). The van der Waals surface area contributed by atoms with Crippen LogP contribution in [-0.4, -0.2) is 23.4 Å². The lowest BCUT2D eigenvalue weighted by atomic mass is 10.3. The Morgan fingerprint density at radius 3 is 2.15 bits per heavy atom. The molecule has 0 spiro atoms. The number of aryl methyl sites for hydroxylation is 1. The van der Waals surface area contributed by atoms with Gasteiger partial charge in [0.05, 0.1) is 5.02 Å². The van der Waals surface area contributed by atoms with Crippen LogP contribution in [0.15, 0.2) is 78.1 Å². The number of nitrogens with one attached hydrogen (secondary N) is 3. The average molecular weight is 501 g/mol. The minimum Gasteiger partial charge on any atom is -0.340 e. The number of aromatic nitrogens is 3. The third-order valence-electron chi connectivity index (χ3n) is 4.43. The lowest BCUT2D eigenvalue weighted by Crippen LogP contribution is -2.13. The van der Waals surface area contributed by atoms with Gasteiger partial charge in [-0.05, 0) is 67.1 Å². The zero-order chi connectivity index (χ0) is 23.4. The summed E-state index contributed by atoms with van der Waals surface area (Å²) >= 11 is 11.9. The SMILES string of the molecule is Cc1ccnc(Nc2cc(Nc3ccc(NS(=O)(=O)c4cc(Cl)ccc4Cl)cc3)ncn2)c1. The summed E-state index contributed by atoms with van der Waals surface area (Å²) in [6.45, 7) is 1.98. The second-order valence-electron chi connectivity index (χ2n) is 7.01. The molecule has 4 aromatic rings. The van der Waals surface area contributed by atoms with Crippen LogP contribution in [0.3, 0.4) is 0 Å². The molecule has 0 aliphatic rings. The maximum absolute atomic E-state index is 12.7. The molecule has 168 valence electrons. The molecule has 0 saturated carbocycles. The third kappa shape index (κ3) is 5.89. The van der Waals surface area contributed by atoms with Crippen molar-refractivity contribution in [2.24, 2.45) is 0 Å². The van der Waals surface area contributed by atoms with Gasteiger partial charge in [0.25, 0.3) is 10.0 Å². The lowest BCUT2D eigenvalue weighted by molar-refractivity contribution is 0.601. The van der Waals surface area contributed by atoms with E-state index in [-0.39, 0.29) is 14.9 Å². The maximum atomic E-state index is 12.7. The summed E-state index contributed by atoms with van der Waals surface area (Å²) in [4.78, 5) is 12.6. The van der Waals surface area contributed by atoms with Crippen LogP contribution in [0.2, 0.25) is 10.0 Å². The first-order valence-corrected chi connectivity index (χ1v) is 11.9. The second-order valence-corrected chi connectivity index (χ2v) is 9.51. The van der Waals surface area contributed by atoms with Gasteiger partial charge >= 0.3 is 0 Å². The van der Waals surface area contributed by atoms with Gasteiger partial charge in [0.15, 0.2) is 0 Å². The van der Waals surface area contributed by atoms with Crippen LogP contribution in [0.25, 0.3) is 0 Å². The van der Waals surface area contributed by atoms with E-state index in [1.165, 1.54) is 24.5 Å². The minimum absolute atomic E-state index is 0.0826. The van der Waals surface area contributed by atoms with Gasteiger partial charge in [0.1, 0.15) is 28.7 Å². The van der Waals surface area contributed by atoms with Crippen LogP contribution in [-0.2, 0) is 10.0 Å². The van der Waals surface area contributed by atoms with Crippen LogP contribution in [0.1, 0.15) is 5.56 Å². The largest absolute Gasteiger partial charge is 0.340 e. The number of rotatable bonds is 7. The van der Waals surface area contributed by atoms with Crippen molar-refractivity contribution in [2.75, 3.05) is 15.4 Å². The van der Waals surface area contributed by atoms with E-state index in [2.05, 4.69) is 30.3 Å². The quantitative estimate of drug-likeness (QED) is 0.295. The molecular weight excluding hydrogens is 483 g/mol. The Labute approximate surface area is 201 Å². The molecule has 0 saturated heterocycles. The van der Waals surface area contributed by atoms with E-state index in [0.29, 0.717) is 28.8 Å². The smallest absolute Gasteiger partial charge is 0.263 e. The Morgan fingerprint density at radius 2 is 1.42 bits per heavy atom. The molecule has 8 nitrogen and oxygen atoms in total. The van der Waals surface area contributed by atoms with E-state index < -0.39 is 10.0 Å². The molecular formula is C22H18Cl2N6O2S. The Bertz CT molecular complexity index is 1400. The van der Waals surface area contributed by atoms with Gasteiger partial charge in [-0.15, -0.1) is 0 Å². The van der Waals surface area contributed by atoms with Gasteiger partial charge in [-0.3, -0.25) is 4.72 Å². The van der Waals surface area contributed by atoms with E-state index in [1.807, 2.05) is 19.1 Å². The minimum atomic E-state index is -3.90. The van der Waals surface area contributed by atoms with E-state index in [4.69, 9.17) is 23.2 Å². The van der Waals surface area contributed by atoms with Gasteiger partial charge in [0.2, 0.25) is 0 Å². The topological polar surface area (TPSA) is 109 Å². The summed E-state index contributed by atoms with van der Waals surface area (Å²) < 4.78 is 27.8. The monoisotopic (exact) mass is 500 g/mol. The Morgan fingerprint density at radius 1 is 0.758 bits per heavy atom. The molecule has 0 aliphatic heterocycles. The molecule has 4 rings (SSSR count). The van der Waals surface area contributed by atoms with E-state index in [1.54, 1.807) is 36.5 Å². The van der Waals surface area contributed by atoms with E-state index >= 15 is 0 Å². The maximum Gasteiger partial charge on any atom is 0.263 e. The number of pyridine rings is 1. The summed E-state index contributed by atoms with van der Waals surface area (Å²) in [7, 11) is -3.90. The predicted octanol–water partition coefficient (Wildman–Crippen LogP) is 5.77. The van der Waals surface area contributed by atoms with Crippen molar-refractivity contribution in [3.05, 3.63) is 88.8 Å². The first-order chi connectivity index (χ1) is 15.8. The Hall–Kier alpha value is -3.40.